The Balaban J connectivity index is 1.27. The number of amides is 1. The number of rotatable bonds is 4. The van der Waals surface area contributed by atoms with Crippen molar-refractivity contribution in [3.05, 3.63) is 122 Å². The molecule has 2 aromatic heterocycles. The zero-order valence-corrected chi connectivity index (χ0v) is 20.4. The highest BCUT2D eigenvalue weighted by Gasteiger charge is 2.36. The normalized spacial score (nSPS) is 12.6. The van der Waals surface area contributed by atoms with Gasteiger partial charge in [0.15, 0.2) is 0 Å². The molecular formula is C29H21FN4O5. The van der Waals surface area contributed by atoms with Gasteiger partial charge in [0.25, 0.3) is 17.4 Å². The van der Waals surface area contributed by atoms with Gasteiger partial charge >= 0.3 is 0 Å². The van der Waals surface area contributed by atoms with Crippen molar-refractivity contribution in [2.45, 2.75) is 19.5 Å². The Morgan fingerprint density at radius 2 is 1.51 bits per heavy atom. The summed E-state index contributed by atoms with van der Waals surface area (Å²) in [6, 6.07) is 19.4. The maximum atomic E-state index is 14.8. The number of aromatic hydroxyl groups is 2. The van der Waals surface area contributed by atoms with Crippen LogP contribution in [0.25, 0.3) is 10.8 Å². The van der Waals surface area contributed by atoms with E-state index >= 15 is 0 Å². The molecule has 3 heterocycles. The lowest BCUT2D eigenvalue weighted by Crippen LogP contribution is -2.27. The number of benzene rings is 3. The second kappa shape index (κ2) is 9.25. The second-order valence-corrected chi connectivity index (χ2v) is 9.31. The Kier molecular flexibility index (Phi) is 5.72. The minimum absolute atomic E-state index is 0.113. The lowest BCUT2D eigenvalue weighted by Gasteiger charge is -2.18. The van der Waals surface area contributed by atoms with Crippen LogP contribution in [0.15, 0.2) is 77.6 Å². The summed E-state index contributed by atoms with van der Waals surface area (Å²) in [5, 5.41) is 29.2. The number of aromatic nitrogens is 3. The maximum absolute atomic E-state index is 14.8. The van der Waals surface area contributed by atoms with Crippen molar-refractivity contribution in [1.82, 2.24) is 19.7 Å². The quantitative estimate of drug-likeness (QED) is 0.329. The molecule has 0 fully saturated rings. The van der Waals surface area contributed by atoms with Crippen LogP contribution in [0.5, 0.6) is 11.8 Å². The van der Waals surface area contributed by atoms with Crippen molar-refractivity contribution in [2.24, 2.45) is 0 Å². The predicted molar refractivity (Wildman–Crippen MR) is 139 cm³/mol. The van der Waals surface area contributed by atoms with Gasteiger partial charge in [-0.15, -0.1) is 0 Å². The van der Waals surface area contributed by atoms with Crippen molar-refractivity contribution in [2.75, 3.05) is 0 Å². The standard InChI is InChI=1S/C29H21FN4O5/c30-23-11-10-16(13-24-18-8-4-5-9-19(18)25(35)32-31-24)12-20(23)27(37)33-14-21-22(15-33)29(39)34(28(21)38)26(36)17-6-2-1-3-7-17/h1-12,38-39H,13-15H2,(H,32,35). The topological polar surface area (TPSA) is 129 Å². The Morgan fingerprint density at radius 1 is 0.872 bits per heavy atom. The fourth-order valence-electron chi connectivity index (χ4n) is 4.97. The van der Waals surface area contributed by atoms with Crippen LogP contribution in [0.3, 0.4) is 0 Å². The van der Waals surface area contributed by atoms with Crippen LogP contribution in [-0.2, 0) is 19.5 Å². The molecule has 0 spiro atoms. The highest BCUT2D eigenvalue weighted by molar-refractivity contribution is 5.99. The van der Waals surface area contributed by atoms with Crippen LogP contribution in [-0.4, -0.2) is 41.7 Å². The van der Waals surface area contributed by atoms with Crippen LogP contribution < -0.4 is 5.56 Å². The van der Waals surface area contributed by atoms with Gasteiger partial charge in [-0.1, -0.05) is 42.5 Å². The van der Waals surface area contributed by atoms with Gasteiger partial charge < -0.3 is 15.1 Å². The third kappa shape index (κ3) is 4.02. The third-order valence-electron chi connectivity index (χ3n) is 6.94. The Hall–Kier alpha value is -5.25. The molecule has 10 heteroatoms. The van der Waals surface area contributed by atoms with Gasteiger partial charge in [0.1, 0.15) is 5.82 Å². The van der Waals surface area contributed by atoms with Gasteiger partial charge in [-0.2, -0.15) is 5.10 Å². The van der Waals surface area contributed by atoms with Gasteiger partial charge in [0.2, 0.25) is 11.8 Å². The van der Waals surface area contributed by atoms with Crippen molar-refractivity contribution in [1.29, 1.82) is 0 Å². The number of nitrogens with one attached hydrogen (secondary N) is 1. The molecule has 194 valence electrons. The summed E-state index contributed by atoms with van der Waals surface area (Å²) in [7, 11) is 0. The largest absolute Gasteiger partial charge is 0.494 e. The summed E-state index contributed by atoms with van der Waals surface area (Å²) in [5.41, 5.74) is 1.40. The van der Waals surface area contributed by atoms with E-state index < -0.39 is 29.4 Å². The van der Waals surface area contributed by atoms with Crippen molar-refractivity contribution >= 4 is 22.6 Å². The number of nitrogens with zero attached hydrogens (tertiary/aromatic N) is 3. The first-order valence-electron chi connectivity index (χ1n) is 12.1. The molecule has 9 nitrogen and oxygen atoms in total. The first kappa shape index (κ1) is 24.1. The fourth-order valence-corrected chi connectivity index (χ4v) is 4.97. The molecule has 6 rings (SSSR count). The van der Waals surface area contributed by atoms with Crippen molar-refractivity contribution in [3.63, 3.8) is 0 Å². The highest BCUT2D eigenvalue weighted by Crippen LogP contribution is 2.41. The van der Waals surface area contributed by atoms with Gasteiger partial charge in [-0.3, -0.25) is 14.4 Å². The molecule has 0 bridgehead atoms. The summed E-state index contributed by atoms with van der Waals surface area (Å²) >= 11 is 0. The lowest BCUT2D eigenvalue weighted by molar-refractivity contribution is 0.0744. The SMILES string of the molecule is O=C(c1cc(Cc2n[nH]c(=O)c3ccccc23)ccc1F)N1Cc2c(c(O)n(C(=O)c3ccccc3)c2O)C1. The minimum atomic E-state index is -0.725. The van der Waals surface area contributed by atoms with Crippen LogP contribution in [0, 0.1) is 5.82 Å². The average molecular weight is 525 g/mol. The molecule has 0 atom stereocenters. The van der Waals surface area contributed by atoms with E-state index in [0.717, 1.165) is 4.57 Å². The Bertz CT molecular complexity index is 1820. The first-order valence-corrected chi connectivity index (χ1v) is 12.1. The zero-order chi connectivity index (χ0) is 27.3. The highest BCUT2D eigenvalue weighted by atomic mass is 19.1. The molecule has 0 saturated carbocycles. The molecule has 0 aliphatic carbocycles. The van der Waals surface area contributed by atoms with E-state index in [2.05, 4.69) is 10.2 Å². The Morgan fingerprint density at radius 3 is 2.21 bits per heavy atom. The minimum Gasteiger partial charge on any atom is -0.494 e. The number of aromatic amines is 1. The van der Waals surface area contributed by atoms with Gasteiger partial charge in [-0.05, 0) is 35.9 Å². The summed E-state index contributed by atoms with van der Waals surface area (Å²) in [6.45, 7) is -0.225. The van der Waals surface area contributed by atoms with E-state index in [4.69, 9.17) is 0 Å². The van der Waals surface area contributed by atoms with Crippen molar-refractivity contribution < 1.29 is 24.2 Å². The third-order valence-corrected chi connectivity index (χ3v) is 6.94. The summed E-state index contributed by atoms with van der Waals surface area (Å²) in [4.78, 5) is 39.6. The number of halogens is 1. The molecule has 0 radical (unpaired) electrons. The maximum Gasteiger partial charge on any atom is 0.272 e. The van der Waals surface area contributed by atoms with E-state index in [1.54, 1.807) is 60.7 Å². The van der Waals surface area contributed by atoms with Crippen LogP contribution >= 0.6 is 0 Å². The second-order valence-electron chi connectivity index (χ2n) is 9.31. The number of H-pyrrole nitrogens is 1. The molecular weight excluding hydrogens is 503 g/mol. The summed E-state index contributed by atoms with van der Waals surface area (Å²) in [6.07, 6.45) is 0.242. The van der Waals surface area contributed by atoms with E-state index in [1.807, 2.05) is 0 Å². The Labute approximate surface area is 220 Å². The molecule has 0 saturated heterocycles. The van der Waals surface area contributed by atoms with E-state index in [1.165, 1.54) is 17.0 Å². The van der Waals surface area contributed by atoms with Crippen LogP contribution in [0.1, 0.15) is 43.1 Å². The lowest BCUT2D eigenvalue weighted by atomic mass is 10.0. The smallest absolute Gasteiger partial charge is 0.272 e. The van der Waals surface area contributed by atoms with E-state index in [-0.39, 0.29) is 47.3 Å². The summed E-state index contributed by atoms with van der Waals surface area (Å²) in [5.74, 6) is -2.89. The zero-order valence-electron chi connectivity index (χ0n) is 20.4. The molecule has 1 amide bonds. The molecule has 39 heavy (non-hydrogen) atoms. The average Bonchev–Trinajstić information content (AvgIpc) is 3.50. The number of carbonyl (C=O) groups excluding carboxylic acids is 2. The molecule has 3 aromatic carbocycles. The fraction of sp³-hybridized carbons (Fsp3) is 0.103. The van der Waals surface area contributed by atoms with Crippen LogP contribution in [0.4, 0.5) is 4.39 Å². The molecule has 5 aromatic rings. The number of carbonyl (C=O) groups is 2. The van der Waals surface area contributed by atoms with Gasteiger partial charge in [-0.25, -0.2) is 14.1 Å². The predicted octanol–water partition coefficient (Wildman–Crippen LogP) is 3.71. The van der Waals surface area contributed by atoms with Crippen LogP contribution in [0.2, 0.25) is 0 Å². The number of hydrogen-bond donors (Lipinski definition) is 3. The van der Waals surface area contributed by atoms with E-state index in [0.29, 0.717) is 22.0 Å². The number of hydrogen-bond acceptors (Lipinski definition) is 6. The molecule has 3 N–H and O–H groups in total. The van der Waals surface area contributed by atoms with Gasteiger partial charge in [0.05, 0.1) is 29.7 Å². The van der Waals surface area contributed by atoms with Gasteiger partial charge in [0, 0.05) is 28.5 Å². The molecule has 1 aliphatic heterocycles. The monoisotopic (exact) mass is 524 g/mol. The number of fused-ring (bicyclic) bond motifs is 2. The first-order chi connectivity index (χ1) is 18.8. The molecule has 1 aliphatic rings. The summed E-state index contributed by atoms with van der Waals surface area (Å²) < 4.78 is 15.6. The van der Waals surface area contributed by atoms with E-state index in [9.17, 15) is 29.0 Å². The molecule has 0 unspecified atom stereocenters. The van der Waals surface area contributed by atoms with Crippen molar-refractivity contribution in [3.8, 4) is 11.8 Å².